The van der Waals surface area contributed by atoms with Crippen molar-refractivity contribution in [3.05, 3.63) is 98.5 Å². The second-order valence-electron chi connectivity index (χ2n) is 9.61. The van der Waals surface area contributed by atoms with Gasteiger partial charge in [-0.15, -0.1) is 0 Å². The Bertz CT molecular complexity index is 1770. The fourth-order valence-corrected chi connectivity index (χ4v) is 4.85. The summed E-state index contributed by atoms with van der Waals surface area (Å²) in [4.78, 5) is 24.1. The second kappa shape index (κ2) is 13.1. The van der Waals surface area contributed by atoms with E-state index >= 15 is 8.78 Å². The van der Waals surface area contributed by atoms with E-state index in [9.17, 15) is 13.6 Å². The molecule has 16 heteroatoms. The monoisotopic (exact) mass is 635 g/mol. The molecule has 0 amide bonds. The number of nitrogens with two attached hydrogens (primary N) is 1. The van der Waals surface area contributed by atoms with Crippen LogP contribution in [0, 0.1) is 18.7 Å². The first-order valence-corrected chi connectivity index (χ1v) is 13.3. The third-order valence-electron chi connectivity index (χ3n) is 6.68. The standard InChI is InChI=1S/C28H26ClF4N7O4/c1-3-7-35-24(16-5-4-6-17(23(16)31)25-36-13-38-40(25)27(32)33)21(30)12-39-14(2)8-20(22(29)26(39)41)19-9-18(19)15(10-34)11-37-28(42,43)44/h3-8,10-13,18-19,27,42-44H,9,34H2,1-2H3/b7-3+,15-10+,21-12-,35-24+,37-11+. The lowest BCUT2D eigenvalue weighted by Crippen LogP contribution is -2.24. The van der Waals surface area contributed by atoms with Gasteiger partial charge >= 0.3 is 12.6 Å². The van der Waals surface area contributed by atoms with Gasteiger partial charge in [0.2, 0.25) is 0 Å². The smallest absolute Gasteiger partial charge is 0.387 e. The van der Waals surface area contributed by atoms with Crippen LogP contribution in [0.5, 0.6) is 0 Å². The summed E-state index contributed by atoms with van der Waals surface area (Å²) in [7, 11) is 0. The van der Waals surface area contributed by atoms with Gasteiger partial charge in [-0.05, 0) is 67.6 Å². The first-order chi connectivity index (χ1) is 20.8. The van der Waals surface area contributed by atoms with Crippen LogP contribution in [-0.2, 0) is 0 Å². The van der Waals surface area contributed by atoms with E-state index in [4.69, 9.17) is 32.7 Å². The lowest BCUT2D eigenvalue weighted by molar-refractivity contribution is -0.304. The van der Waals surface area contributed by atoms with Crippen molar-refractivity contribution in [2.75, 3.05) is 0 Å². The molecule has 1 saturated carbocycles. The predicted octanol–water partition coefficient (Wildman–Crippen LogP) is 4.00. The van der Waals surface area contributed by atoms with Crippen LogP contribution in [-0.4, -0.2) is 52.7 Å². The molecule has 0 aliphatic heterocycles. The molecule has 0 bridgehead atoms. The van der Waals surface area contributed by atoms with Crippen molar-refractivity contribution in [2.24, 2.45) is 21.6 Å². The van der Waals surface area contributed by atoms with E-state index < -0.39 is 46.9 Å². The largest absolute Gasteiger partial charge is 0.404 e. The van der Waals surface area contributed by atoms with Crippen molar-refractivity contribution in [2.45, 2.75) is 38.8 Å². The number of nitrogens with zero attached hydrogens (tertiary/aromatic N) is 6. The SMILES string of the molecule is C/C=C/N=C(/C(F)=C/n1c(C)cc(C2CC2C(=C/N)/C=N/C(O)(O)O)c(Cl)c1=O)c1cccc(-c2ncnn2C(F)F)c1F. The fourth-order valence-electron chi connectivity index (χ4n) is 4.56. The highest BCUT2D eigenvalue weighted by atomic mass is 35.5. The summed E-state index contributed by atoms with van der Waals surface area (Å²) in [5, 5.41) is 30.2. The van der Waals surface area contributed by atoms with Gasteiger partial charge in [-0.25, -0.2) is 18.8 Å². The number of halogens is 5. The van der Waals surface area contributed by atoms with Crippen LogP contribution < -0.4 is 11.3 Å². The highest BCUT2D eigenvalue weighted by molar-refractivity contribution is 6.31. The van der Waals surface area contributed by atoms with E-state index in [0.29, 0.717) is 17.6 Å². The Balaban J connectivity index is 1.72. The van der Waals surface area contributed by atoms with E-state index in [-0.39, 0.29) is 32.8 Å². The summed E-state index contributed by atoms with van der Waals surface area (Å²) in [6.45, 7) is -0.00412. The summed E-state index contributed by atoms with van der Waals surface area (Å²) in [5.74, 6) is -3.35. The first-order valence-electron chi connectivity index (χ1n) is 12.9. The van der Waals surface area contributed by atoms with E-state index in [1.807, 2.05) is 0 Å². The van der Waals surface area contributed by atoms with E-state index in [1.165, 1.54) is 37.4 Å². The number of hydrogen-bond donors (Lipinski definition) is 4. The van der Waals surface area contributed by atoms with Crippen LogP contribution in [0.1, 0.15) is 42.6 Å². The third-order valence-corrected chi connectivity index (χ3v) is 7.06. The Morgan fingerprint density at radius 3 is 2.66 bits per heavy atom. The van der Waals surface area contributed by atoms with Crippen molar-refractivity contribution < 1.29 is 32.9 Å². The zero-order chi connectivity index (χ0) is 32.3. The topological polar surface area (TPSA) is 164 Å². The first kappa shape index (κ1) is 32.5. The van der Waals surface area contributed by atoms with Crippen molar-refractivity contribution in [1.82, 2.24) is 19.3 Å². The molecule has 44 heavy (non-hydrogen) atoms. The summed E-state index contributed by atoms with van der Waals surface area (Å²) in [5.41, 5.74) is 4.53. The molecule has 0 saturated heterocycles. The Kier molecular flexibility index (Phi) is 9.63. The molecule has 2 atom stereocenters. The Hall–Kier alpha value is -4.44. The number of aliphatic imine (C=N–C) groups is 2. The van der Waals surface area contributed by atoms with Crippen molar-refractivity contribution in [3.63, 3.8) is 0 Å². The molecule has 4 rings (SSSR count). The number of aryl methyl sites for hydroxylation is 1. The second-order valence-corrected chi connectivity index (χ2v) is 9.99. The summed E-state index contributed by atoms with van der Waals surface area (Å²) in [6.07, 6.45) is 3.60. The molecule has 2 unspecified atom stereocenters. The van der Waals surface area contributed by atoms with Crippen LogP contribution in [0.2, 0.25) is 5.02 Å². The quantitative estimate of drug-likeness (QED) is 0.149. The van der Waals surface area contributed by atoms with Gasteiger partial charge in [-0.3, -0.25) is 14.4 Å². The van der Waals surface area contributed by atoms with Gasteiger partial charge in [-0.2, -0.15) is 18.6 Å². The number of hydrogen-bond acceptors (Lipinski definition) is 9. The van der Waals surface area contributed by atoms with Gasteiger partial charge in [-0.1, -0.05) is 23.7 Å². The molecule has 1 fully saturated rings. The van der Waals surface area contributed by atoms with Gasteiger partial charge in [0, 0.05) is 23.7 Å². The van der Waals surface area contributed by atoms with E-state index in [2.05, 4.69) is 20.1 Å². The number of rotatable bonds is 10. The molecule has 5 N–H and O–H groups in total. The molecule has 0 radical (unpaired) electrons. The molecule has 0 spiro atoms. The molecule has 1 aliphatic rings. The minimum Gasteiger partial charge on any atom is -0.404 e. The fraction of sp³-hybridized carbons (Fsp3) is 0.250. The number of aromatic nitrogens is 4. The Labute approximate surface area is 252 Å². The molecule has 1 aromatic carbocycles. The highest BCUT2D eigenvalue weighted by Gasteiger charge is 2.42. The normalized spacial score (nSPS) is 18.3. The van der Waals surface area contributed by atoms with Crippen LogP contribution in [0.15, 0.2) is 75.2 Å². The van der Waals surface area contributed by atoms with Crippen molar-refractivity contribution in [1.29, 1.82) is 0 Å². The molecule has 3 aromatic rings. The molecule has 2 heterocycles. The molecular formula is C28H26ClF4N7O4. The highest BCUT2D eigenvalue weighted by Crippen LogP contribution is 2.52. The molecule has 11 nitrogen and oxygen atoms in total. The van der Waals surface area contributed by atoms with E-state index in [1.54, 1.807) is 13.0 Å². The molecule has 232 valence electrons. The minimum atomic E-state index is -3.28. The van der Waals surface area contributed by atoms with Gasteiger partial charge in [0.15, 0.2) is 11.7 Å². The predicted molar refractivity (Wildman–Crippen MR) is 155 cm³/mol. The zero-order valence-corrected chi connectivity index (χ0v) is 23.9. The average Bonchev–Trinajstić information content (AvgIpc) is 3.58. The van der Waals surface area contributed by atoms with Gasteiger partial charge in [0.25, 0.3) is 5.56 Å². The number of alkyl halides is 2. The number of benzene rings is 1. The average molecular weight is 636 g/mol. The summed E-state index contributed by atoms with van der Waals surface area (Å²) < 4.78 is 59.4. The van der Waals surface area contributed by atoms with Crippen LogP contribution in [0.3, 0.4) is 0 Å². The van der Waals surface area contributed by atoms with Gasteiger partial charge in [0.1, 0.15) is 22.9 Å². The van der Waals surface area contributed by atoms with Gasteiger partial charge < -0.3 is 21.1 Å². The summed E-state index contributed by atoms with van der Waals surface area (Å²) >= 11 is 6.41. The molecule has 1 aliphatic carbocycles. The summed E-state index contributed by atoms with van der Waals surface area (Å²) in [6, 6.07) is 5.23. The van der Waals surface area contributed by atoms with E-state index in [0.717, 1.165) is 29.5 Å². The minimum absolute atomic E-state index is 0.214. The van der Waals surface area contributed by atoms with Crippen molar-refractivity contribution >= 4 is 29.7 Å². The maximum absolute atomic E-state index is 15.9. The number of pyridine rings is 1. The van der Waals surface area contributed by atoms with Crippen molar-refractivity contribution in [3.8, 4) is 11.4 Å². The number of allylic oxidation sites excluding steroid dienone is 3. The molecular weight excluding hydrogens is 610 g/mol. The van der Waals surface area contributed by atoms with Gasteiger partial charge in [0.05, 0.1) is 11.8 Å². The zero-order valence-electron chi connectivity index (χ0n) is 23.1. The third kappa shape index (κ3) is 6.86. The molecule has 2 aromatic heterocycles. The van der Waals surface area contributed by atoms with Crippen LogP contribution in [0.4, 0.5) is 17.6 Å². The lowest BCUT2D eigenvalue weighted by Gasteiger charge is -2.13. The maximum Gasteiger partial charge on any atom is 0.387 e. The number of aliphatic hydroxyl groups is 3. The van der Waals surface area contributed by atoms with Crippen LogP contribution >= 0.6 is 11.6 Å². The Morgan fingerprint density at radius 2 is 2.02 bits per heavy atom. The van der Waals surface area contributed by atoms with Crippen LogP contribution in [0.25, 0.3) is 17.6 Å². The lowest BCUT2D eigenvalue weighted by atomic mass is 10.0. The maximum atomic E-state index is 15.9. The Morgan fingerprint density at radius 1 is 1.30 bits per heavy atom.